The third kappa shape index (κ3) is 4.26. The fourth-order valence-corrected chi connectivity index (χ4v) is 2.79. The van der Waals surface area contributed by atoms with Gasteiger partial charge in [0, 0.05) is 5.92 Å². The zero-order valence-electron chi connectivity index (χ0n) is 13.3. The van der Waals surface area contributed by atoms with E-state index in [0.717, 1.165) is 25.7 Å². The van der Waals surface area contributed by atoms with Crippen LogP contribution >= 0.6 is 0 Å². The van der Waals surface area contributed by atoms with E-state index >= 15 is 0 Å². The lowest BCUT2D eigenvalue weighted by Gasteiger charge is -2.22. The van der Waals surface area contributed by atoms with Gasteiger partial charge < -0.3 is 5.11 Å². The van der Waals surface area contributed by atoms with Gasteiger partial charge in [0.2, 0.25) is 0 Å². The van der Waals surface area contributed by atoms with Crippen molar-refractivity contribution in [2.24, 2.45) is 5.92 Å². The number of benzene rings is 1. The third-order valence-electron chi connectivity index (χ3n) is 3.84. The van der Waals surface area contributed by atoms with E-state index in [1.54, 1.807) is 0 Å². The Labute approximate surface area is 124 Å². The van der Waals surface area contributed by atoms with Crippen LogP contribution in [0.3, 0.4) is 0 Å². The van der Waals surface area contributed by atoms with E-state index in [4.69, 9.17) is 0 Å². The molecule has 0 aliphatic heterocycles. The standard InChI is InChI=1S/C19H28O/c1-5-11-18(19(20)12-6-2)17(7-3)15(4)16-13-9-8-10-14-16/h8-10,12-14,18,20H,5-7,11H2,1-4H3/b17-15+,19-12-. The molecule has 1 rings (SSSR count). The maximum atomic E-state index is 10.4. The molecule has 1 atom stereocenters. The fraction of sp³-hybridized carbons (Fsp3) is 0.474. The Balaban J connectivity index is 3.22. The summed E-state index contributed by atoms with van der Waals surface area (Å²) in [5, 5.41) is 10.4. The van der Waals surface area contributed by atoms with Crippen LogP contribution in [0, 0.1) is 5.92 Å². The maximum Gasteiger partial charge on any atom is 0.0954 e. The molecule has 0 fully saturated rings. The highest BCUT2D eigenvalue weighted by Gasteiger charge is 2.19. The molecule has 1 nitrogen and oxygen atoms in total. The molecule has 110 valence electrons. The Morgan fingerprint density at radius 3 is 2.30 bits per heavy atom. The first-order valence-electron chi connectivity index (χ1n) is 7.79. The van der Waals surface area contributed by atoms with Crippen molar-refractivity contribution in [1.29, 1.82) is 0 Å². The Morgan fingerprint density at radius 2 is 1.80 bits per heavy atom. The first-order valence-corrected chi connectivity index (χ1v) is 7.79. The molecule has 0 amide bonds. The summed E-state index contributed by atoms with van der Waals surface area (Å²) in [6.45, 7) is 8.61. The van der Waals surface area contributed by atoms with E-state index in [2.05, 4.69) is 52.0 Å². The van der Waals surface area contributed by atoms with Crippen LogP contribution < -0.4 is 0 Å². The smallest absolute Gasteiger partial charge is 0.0954 e. The van der Waals surface area contributed by atoms with Gasteiger partial charge in [-0.05, 0) is 43.4 Å². The molecule has 0 saturated heterocycles. The molecule has 1 aromatic rings. The van der Waals surface area contributed by atoms with Gasteiger partial charge in [-0.1, -0.05) is 63.1 Å². The van der Waals surface area contributed by atoms with Gasteiger partial charge in [-0.2, -0.15) is 0 Å². The van der Waals surface area contributed by atoms with Gasteiger partial charge in [0.25, 0.3) is 0 Å². The minimum atomic E-state index is 0.171. The highest BCUT2D eigenvalue weighted by molar-refractivity contribution is 5.67. The van der Waals surface area contributed by atoms with Crippen LogP contribution in [0.2, 0.25) is 0 Å². The number of rotatable bonds is 7. The van der Waals surface area contributed by atoms with E-state index in [1.165, 1.54) is 16.7 Å². The summed E-state index contributed by atoms with van der Waals surface area (Å²) in [6.07, 6.45) is 5.90. The maximum absolute atomic E-state index is 10.4. The van der Waals surface area contributed by atoms with Crippen molar-refractivity contribution < 1.29 is 5.11 Å². The van der Waals surface area contributed by atoms with Crippen molar-refractivity contribution >= 4 is 5.57 Å². The highest BCUT2D eigenvalue weighted by Crippen LogP contribution is 2.32. The van der Waals surface area contributed by atoms with E-state index in [-0.39, 0.29) is 5.92 Å². The molecule has 1 aromatic carbocycles. The molecule has 0 aliphatic carbocycles. The topological polar surface area (TPSA) is 20.2 Å². The van der Waals surface area contributed by atoms with Gasteiger partial charge >= 0.3 is 0 Å². The van der Waals surface area contributed by atoms with Crippen molar-refractivity contribution in [2.75, 3.05) is 0 Å². The van der Waals surface area contributed by atoms with Crippen LogP contribution in [0.25, 0.3) is 5.57 Å². The zero-order valence-corrected chi connectivity index (χ0v) is 13.3. The van der Waals surface area contributed by atoms with Crippen LogP contribution in [0.1, 0.15) is 58.9 Å². The van der Waals surface area contributed by atoms with Crippen LogP contribution in [0.4, 0.5) is 0 Å². The number of aliphatic hydroxyl groups excluding tert-OH is 1. The van der Waals surface area contributed by atoms with Crippen molar-refractivity contribution in [3.05, 3.63) is 53.3 Å². The molecule has 0 heterocycles. The molecule has 0 saturated carbocycles. The van der Waals surface area contributed by atoms with Crippen molar-refractivity contribution in [2.45, 2.75) is 53.4 Å². The molecule has 0 bridgehead atoms. The summed E-state index contributed by atoms with van der Waals surface area (Å²) in [5.74, 6) is 0.714. The Hall–Kier alpha value is -1.50. The largest absolute Gasteiger partial charge is 0.512 e. The molecule has 0 radical (unpaired) electrons. The number of aliphatic hydroxyl groups is 1. The Kier molecular flexibility index (Phi) is 7.14. The van der Waals surface area contributed by atoms with Crippen LogP contribution in [-0.2, 0) is 0 Å². The number of allylic oxidation sites excluding steroid dienone is 3. The van der Waals surface area contributed by atoms with E-state index in [9.17, 15) is 5.11 Å². The second-order valence-corrected chi connectivity index (χ2v) is 5.25. The van der Waals surface area contributed by atoms with Gasteiger partial charge in [-0.25, -0.2) is 0 Å². The number of hydrogen-bond donors (Lipinski definition) is 1. The third-order valence-corrected chi connectivity index (χ3v) is 3.84. The van der Waals surface area contributed by atoms with Gasteiger partial charge in [-0.3, -0.25) is 0 Å². The second-order valence-electron chi connectivity index (χ2n) is 5.25. The Morgan fingerprint density at radius 1 is 1.15 bits per heavy atom. The predicted molar refractivity (Wildman–Crippen MR) is 88.7 cm³/mol. The lowest BCUT2D eigenvalue weighted by Crippen LogP contribution is -2.09. The number of hydrogen-bond acceptors (Lipinski definition) is 1. The molecule has 0 aromatic heterocycles. The quantitative estimate of drug-likeness (QED) is 0.591. The summed E-state index contributed by atoms with van der Waals surface area (Å²) in [4.78, 5) is 0. The van der Waals surface area contributed by atoms with E-state index in [0.29, 0.717) is 5.76 Å². The average Bonchev–Trinajstić information content (AvgIpc) is 2.48. The Bertz CT molecular complexity index is 454. The first kappa shape index (κ1) is 16.6. The van der Waals surface area contributed by atoms with E-state index < -0.39 is 0 Å². The molecular formula is C19H28O. The van der Waals surface area contributed by atoms with Crippen LogP contribution in [0.5, 0.6) is 0 Å². The van der Waals surface area contributed by atoms with E-state index in [1.807, 2.05) is 12.1 Å². The molecule has 0 spiro atoms. The lowest BCUT2D eigenvalue weighted by atomic mass is 9.85. The lowest BCUT2D eigenvalue weighted by molar-refractivity contribution is 0.334. The predicted octanol–water partition coefficient (Wildman–Crippen LogP) is 6.14. The summed E-state index contributed by atoms with van der Waals surface area (Å²) < 4.78 is 0. The normalized spacial score (nSPS) is 14.9. The summed E-state index contributed by atoms with van der Waals surface area (Å²) >= 11 is 0. The monoisotopic (exact) mass is 272 g/mol. The summed E-state index contributed by atoms with van der Waals surface area (Å²) in [6, 6.07) is 10.5. The molecule has 1 N–H and O–H groups in total. The van der Waals surface area contributed by atoms with Crippen molar-refractivity contribution in [3.63, 3.8) is 0 Å². The summed E-state index contributed by atoms with van der Waals surface area (Å²) in [5.41, 5.74) is 3.93. The van der Waals surface area contributed by atoms with Gasteiger partial charge in [-0.15, -0.1) is 0 Å². The van der Waals surface area contributed by atoms with Crippen LogP contribution in [0.15, 0.2) is 47.7 Å². The minimum Gasteiger partial charge on any atom is -0.512 e. The minimum absolute atomic E-state index is 0.171. The highest BCUT2D eigenvalue weighted by atomic mass is 16.3. The zero-order chi connectivity index (χ0) is 15.0. The molecular weight excluding hydrogens is 244 g/mol. The van der Waals surface area contributed by atoms with Crippen LogP contribution in [-0.4, -0.2) is 5.11 Å². The molecule has 0 aliphatic rings. The van der Waals surface area contributed by atoms with Gasteiger partial charge in [0.15, 0.2) is 0 Å². The first-order chi connectivity index (χ1) is 9.65. The summed E-state index contributed by atoms with van der Waals surface area (Å²) in [7, 11) is 0. The second kappa shape index (κ2) is 8.63. The average molecular weight is 272 g/mol. The molecule has 1 unspecified atom stereocenters. The van der Waals surface area contributed by atoms with Crippen molar-refractivity contribution in [3.8, 4) is 0 Å². The van der Waals surface area contributed by atoms with Crippen molar-refractivity contribution in [1.82, 2.24) is 0 Å². The molecule has 20 heavy (non-hydrogen) atoms. The van der Waals surface area contributed by atoms with Gasteiger partial charge in [0.05, 0.1) is 5.76 Å². The fourth-order valence-electron chi connectivity index (χ4n) is 2.79. The SMILES string of the molecule is CC/C=C(\O)C(CCC)/C(CC)=C(\C)c1ccccc1. The van der Waals surface area contributed by atoms with Gasteiger partial charge in [0.1, 0.15) is 0 Å². The molecule has 1 heteroatoms.